The van der Waals surface area contributed by atoms with Gasteiger partial charge in [0.1, 0.15) is 0 Å². The summed E-state index contributed by atoms with van der Waals surface area (Å²) in [5, 5.41) is 8.91. The molecule has 0 aliphatic carbocycles. The highest BCUT2D eigenvalue weighted by Gasteiger charge is 2.15. The van der Waals surface area contributed by atoms with E-state index in [1.54, 1.807) is 0 Å². The summed E-state index contributed by atoms with van der Waals surface area (Å²) in [7, 11) is 0. The minimum Gasteiger partial charge on any atom is -0.394 e. The molecular weight excluding hydrogens is 190 g/mol. The lowest BCUT2D eigenvalue weighted by Crippen LogP contribution is -2.41. The van der Waals surface area contributed by atoms with Crippen molar-refractivity contribution in [2.45, 2.75) is 57.9 Å². The molecule has 0 spiro atoms. The van der Waals surface area contributed by atoms with Crippen LogP contribution in [0.2, 0.25) is 0 Å². The third-order valence-electron chi connectivity index (χ3n) is 2.57. The van der Waals surface area contributed by atoms with Crippen LogP contribution in [0, 0.1) is 0 Å². The summed E-state index contributed by atoms with van der Waals surface area (Å²) in [5.41, 5.74) is 5.28. The monoisotopic (exact) mass is 217 g/mol. The van der Waals surface area contributed by atoms with Crippen molar-refractivity contribution in [3.8, 4) is 0 Å². The third kappa shape index (κ3) is 10.2. The van der Waals surface area contributed by atoms with Crippen molar-refractivity contribution in [2.75, 3.05) is 19.8 Å². The van der Waals surface area contributed by atoms with Crippen LogP contribution in [0.15, 0.2) is 0 Å². The first-order valence-corrected chi connectivity index (χ1v) is 6.10. The van der Waals surface area contributed by atoms with Gasteiger partial charge in [-0.2, -0.15) is 0 Å². The van der Waals surface area contributed by atoms with E-state index in [-0.39, 0.29) is 6.61 Å². The maximum absolute atomic E-state index is 8.91. The number of rotatable bonds is 10. The number of unbranched alkanes of at least 4 members (excludes halogenated alkanes) is 4. The average molecular weight is 217 g/mol. The van der Waals surface area contributed by atoms with Gasteiger partial charge in [0.2, 0.25) is 0 Å². The Morgan fingerprint density at radius 3 is 2.40 bits per heavy atom. The highest BCUT2D eigenvalue weighted by Crippen LogP contribution is 2.05. The Morgan fingerprint density at radius 2 is 1.80 bits per heavy atom. The molecule has 0 aromatic carbocycles. The van der Waals surface area contributed by atoms with Crippen molar-refractivity contribution in [1.82, 2.24) is 0 Å². The molecule has 0 heterocycles. The number of nitrogens with two attached hydrogens (primary N) is 1. The Hall–Kier alpha value is -0.120. The van der Waals surface area contributed by atoms with Crippen LogP contribution in [0.3, 0.4) is 0 Å². The first-order valence-electron chi connectivity index (χ1n) is 6.10. The van der Waals surface area contributed by atoms with Gasteiger partial charge < -0.3 is 15.6 Å². The molecule has 3 nitrogen and oxygen atoms in total. The molecule has 0 aromatic rings. The lowest BCUT2D eigenvalue weighted by Gasteiger charge is -2.21. The molecular formula is C12H27NO2. The Kier molecular flexibility index (Phi) is 9.06. The molecule has 0 aliphatic heterocycles. The molecule has 0 saturated carbocycles. The Bertz CT molecular complexity index is 138. The van der Waals surface area contributed by atoms with Gasteiger partial charge in [0.25, 0.3) is 0 Å². The lowest BCUT2D eigenvalue weighted by molar-refractivity contribution is 0.0973. The second-order valence-corrected chi connectivity index (χ2v) is 4.59. The van der Waals surface area contributed by atoms with Crippen LogP contribution in [0.1, 0.15) is 52.4 Å². The standard InChI is InChI=1S/C12H27NO2/c1-3-4-5-6-7-9-15-10-8-12(2,13)11-14/h14H,3-11,13H2,1-2H3. The summed E-state index contributed by atoms with van der Waals surface area (Å²) in [5.74, 6) is 0. The van der Waals surface area contributed by atoms with Crippen molar-refractivity contribution in [3.63, 3.8) is 0 Å². The Balaban J connectivity index is 3.11. The van der Waals surface area contributed by atoms with Gasteiger partial charge in [0, 0.05) is 18.8 Å². The molecule has 0 aliphatic rings. The largest absolute Gasteiger partial charge is 0.394 e. The average Bonchev–Trinajstić information content (AvgIpc) is 2.22. The van der Waals surface area contributed by atoms with E-state index in [2.05, 4.69) is 6.92 Å². The van der Waals surface area contributed by atoms with Gasteiger partial charge in [-0.25, -0.2) is 0 Å². The summed E-state index contributed by atoms with van der Waals surface area (Å²) >= 11 is 0. The first-order chi connectivity index (χ1) is 7.12. The van der Waals surface area contributed by atoms with Crippen LogP contribution in [-0.4, -0.2) is 30.5 Å². The zero-order valence-corrected chi connectivity index (χ0v) is 10.3. The van der Waals surface area contributed by atoms with Gasteiger partial charge in [-0.05, 0) is 19.8 Å². The minimum atomic E-state index is -0.484. The van der Waals surface area contributed by atoms with Crippen molar-refractivity contribution < 1.29 is 9.84 Å². The van der Waals surface area contributed by atoms with E-state index in [1.807, 2.05) is 6.92 Å². The summed E-state index contributed by atoms with van der Waals surface area (Å²) in [4.78, 5) is 0. The van der Waals surface area contributed by atoms with E-state index >= 15 is 0 Å². The van der Waals surface area contributed by atoms with E-state index in [1.165, 1.54) is 25.7 Å². The van der Waals surface area contributed by atoms with Crippen LogP contribution in [0.4, 0.5) is 0 Å². The number of hydrogen-bond acceptors (Lipinski definition) is 3. The van der Waals surface area contributed by atoms with Crippen LogP contribution in [-0.2, 0) is 4.74 Å². The zero-order chi connectivity index (χ0) is 11.6. The van der Waals surface area contributed by atoms with Gasteiger partial charge in [0.05, 0.1) is 6.61 Å². The van der Waals surface area contributed by atoms with Gasteiger partial charge in [0.15, 0.2) is 0 Å². The van der Waals surface area contributed by atoms with E-state index in [0.717, 1.165) is 19.4 Å². The molecule has 0 bridgehead atoms. The van der Waals surface area contributed by atoms with Crippen molar-refractivity contribution in [3.05, 3.63) is 0 Å². The molecule has 1 atom stereocenters. The number of aliphatic hydroxyl groups is 1. The molecule has 92 valence electrons. The first kappa shape index (κ1) is 14.9. The van der Waals surface area contributed by atoms with Crippen LogP contribution < -0.4 is 5.73 Å². The highest BCUT2D eigenvalue weighted by molar-refractivity contribution is 4.76. The summed E-state index contributed by atoms with van der Waals surface area (Å²) in [6.07, 6.45) is 7.03. The number of aliphatic hydroxyl groups excluding tert-OH is 1. The van der Waals surface area contributed by atoms with Crippen molar-refractivity contribution in [1.29, 1.82) is 0 Å². The topological polar surface area (TPSA) is 55.5 Å². The Labute approximate surface area is 94.0 Å². The second-order valence-electron chi connectivity index (χ2n) is 4.59. The fraction of sp³-hybridized carbons (Fsp3) is 1.00. The van der Waals surface area contributed by atoms with E-state index in [4.69, 9.17) is 15.6 Å². The van der Waals surface area contributed by atoms with Gasteiger partial charge in [-0.3, -0.25) is 0 Å². The van der Waals surface area contributed by atoms with E-state index in [0.29, 0.717) is 6.61 Å². The number of hydrogen-bond donors (Lipinski definition) is 2. The van der Waals surface area contributed by atoms with Crippen LogP contribution in [0.25, 0.3) is 0 Å². The summed E-state index contributed by atoms with van der Waals surface area (Å²) in [6, 6.07) is 0. The van der Waals surface area contributed by atoms with Crippen LogP contribution >= 0.6 is 0 Å². The maximum Gasteiger partial charge on any atom is 0.0609 e. The quantitative estimate of drug-likeness (QED) is 0.551. The predicted molar refractivity (Wildman–Crippen MR) is 63.9 cm³/mol. The van der Waals surface area contributed by atoms with E-state index < -0.39 is 5.54 Å². The second kappa shape index (κ2) is 9.13. The van der Waals surface area contributed by atoms with Crippen molar-refractivity contribution in [2.24, 2.45) is 5.73 Å². The molecule has 0 aromatic heterocycles. The summed E-state index contributed by atoms with van der Waals surface area (Å²) < 4.78 is 5.46. The van der Waals surface area contributed by atoms with E-state index in [9.17, 15) is 0 Å². The molecule has 0 rings (SSSR count). The van der Waals surface area contributed by atoms with Crippen molar-refractivity contribution >= 4 is 0 Å². The number of ether oxygens (including phenoxy) is 1. The molecule has 1 unspecified atom stereocenters. The normalized spacial score (nSPS) is 15.2. The van der Waals surface area contributed by atoms with Gasteiger partial charge >= 0.3 is 0 Å². The molecule has 15 heavy (non-hydrogen) atoms. The molecule has 0 radical (unpaired) electrons. The van der Waals surface area contributed by atoms with Gasteiger partial charge in [-0.15, -0.1) is 0 Å². The maximum atomic E-state index is 8.91. The molecule has 3 heteroatoms. The van der Waals surface area contributed by atoms with Gasteiger partial charge in [-0.1, -0.05) is 32.6 Å². The molecule has 0 fully saturated rings. The third-order valence-corrected chi connectivity index (χ3v) is 2.57. The van der Waals surface area contributed by atoms with Crippen LogP contribution in [0.5, 0.6) is 0 Å². The lowest BCUT2D eigenvalue weighted by atomic mass is 10.0. The smallest absolute Gasteiger partial charge is 0.0609 e. The SMILES string of the molecule is CCCCCCCOCCC(C)(N)CO. The molecule has 3 N–H and O–H groups in total. The molecule has 0 saturated heterocycles. The molecule has 0 amide bonds. The minimum absolute atomic E-state index is 0.0207. The fourth-order valence-corrected chi connectivity index (χ4v) is 1.29. The predicted octanol–water partition coefficient (Wildman–Crippen LogP) is 2.07. The Morgan fingerprint density at radius 1 is 1.13 bits per heavy atom. The highest BCUT2D eigenvalue weighted by atomic mass is 16.5. The fourth-order valence-electron chi connectivity index (χ4n) is 1.29. The summed E-state index contributed by atoms with van der Waals surface area (Å²) in [6.45, 7) is 5.56. The zero-order valence-electron chi connectivity index (χ0n) is 10.3.